The Morgan fingerprint density at radius 1 is 1.67 bits per heavy atom. The van der Waals surface area contributed by atoms with Crippen LogP contribution in [0.2, 0.25) is 5.02 Å². The van der Waals surface area contributed by atoms with Gasteiger partial charge in [-0.1, -0.05) is 11.6 Å². The molecule has 1 aliphatic rings. The molecule has 2 rings (SSSR count). The zero-order valence-corrected chi connectivity index (χ0v) is 12.7. The van der Waals surface area contributed by atoms with Crippen LogP contribution in [0, 0.1) is 6.57 Å². The summed E-state index contributed by atoms with van der Waals surface area (Å²) >= 11 is 6.18. The van der Waals surface area contributed by atoms with Crippen LogP contribution < -0.4 is 10.1 Å². The number of aliphatic hydroxyl groups excluding tert-OH is 1. The summed E-state index contributed by atoms with van der Waals surface area (Å²) in [6.07, 6.45) is -0.477. The second-order valence-electron chi connectivity index (χ2n) is 4.96. The number of hydrogen-bond acceptors (Lipinski definition) is 3. The van der Waals surface area contributed by atoms with Crippen molar-refractivity contribution in [1.29, 1.82) is 0 Å². The first-order chi connectivity index (χ1) is 9.99. The molecule has 1 aliphatic heterocycles. The largest absolute Gasteiger partial charge is 0.495 e. The number of halogens is 1. The third-order valence-corrected chi connectivity index (χ3v) is 3.79. The second kappa shape index (κ2) is 6.33. The summed E-state index contributed by atoms with van der Waals surface area (Å²) < 4.78 is 5.67. The first kappa shape index (κ1) is 15.6. The Balaban J connectivity index is 2.67. The van der Waals surface area contributed by atoms with Gasteiger partial charge in [0.1, 0.15) is 5.75 Å². The second-order valence-corrected chi connectivity index (χ2v) is 5.37. The number of ether oxygens (including phenoxy) is 1. The van der Waals surface area contributed by atoms with E-state index in [0.717, 1.165) is 0 Å². The molecule has 0 radical (unpaired) electrons. The lowest BCUT2D eigenvalue weighted by atomic mass is 9.92. The van der Waals surface area contributed by atoms with Crippen molar-refractivity contribution in [1.82, 2.24) is 5.32 Å². The average Bonchev–Trinajstić information content (AvgIpc) is 2.86. The fourth-order valence-electron chi connectivity index (χ4n) is 2.58. The molecule has 1 fully saturated rings. The quantitative estimate of drug-likeness (QED) is 0.841. The van der Waals surface area contributed by atoms with Crippen LogP contribution >= 0.6 is 11.6 Å². The van der Waals surface area contributed by atoms with Gasteiger partial charge in [-0.3, -0.25) is 4.79 Å². The molecule has 0 aromatic heterocycles. The Hall–Kier alpha value is -1.77. The van der Waals surface area contributed by atoms with Crippen molar-refractivity contribution < 1.29 is 14.6 Å². The van der Waals surface area contributed by atoms with Gasteiger partial charge in [-0.25, -0.2) is 4.85 Å². The van der Waals surface area contributed by atoms with Crippen molar-refractivity contribution in [3.63, 3.8) is 0 Å². The van der Waals surface area contributed by atoms with E-state index in [1.165, 1.54) is 0 Å². The molecular formula is C15H17ClN2O3. The molecule has 2 N–H and O–H groups in total. The molecule has 0 spiro atoms. The van der Waals surface area contributed by atoms with Crippen LogP contribution in [0.1, 0.15) is 43.4 Å². The summed E-state index contributed by atoms with van der Waals surface area (Å²) in [5, 5.41) is 13.0. The van der Waals surface area contributed by atoms with Gasteiger partial charge < -0.3 is 15.2 Å². The Morgan fingerprint density at radius 2 is 2.38 bits per heavy atom. The minimum absolute atomic E-state index is 0.0584. The molecule has 0 aliphatic carbocycles. The first-order valence-corrected chi connectivity index (χ1v) is 7.18. The van der Waals surface area contributed by atoms with E-state index < -0.39 is 6.10 Å². The molecule has 0 bridgehead atoms. The standard InChI is InChI=1S/C15H17ClN2O3/c1-4-21-15-10(8(2)19)6-11(16)14(17-3)13(15)9-5-12(20)18-7-9/h6,8-9,19H,4-5,7H2,1-2H3,(H,18,20). The maximum Gasteiger partial charge on any atom is 0.220 e. The number of amides is 1. The summed E-state index contributed by atoms with van der Waals surface area (Å²) in [5.74, 6) is 0.251. The molecule has 6 heteroatoms. The highest BCUT2D eigenvalue weighted by molar-refractivity contribution is 6.33. The van der Waals surface area contributed by atoms with E-state index >= 15 is 0 Å². The Bertz CT molecular complexity index is 608. The highest BCUT2D eigenvalue weighted by atomic mass is 35.5. The predicted molar refractivity (Wildman–Crippen MR) is 79.9 cm³/mol. The first-order valence-electron chi connectivity index (χ1n) is 6.80. The van der Waals surface area contributed by atoms with Crippen molar-refractivity contribution in [3.05, 3.63) is 33.6 Å². The normalized spacial score (nSPS) is 19.0. The molecule has 1 saturated heterocycles. The zero-order valence-electron chi connectivity index (χ0n) is 11.9. The molecule has 1 aromatic rings. The van der Waals surface area contributed by atoms with E-state index in [9.17, 15) is 9.90 Å². The van der Waals surface area contributed by atoms with Crippen LogP contribution in [0.15, 0.2) is 6.07 Å². The Morgan fingerprint density at radius 3 is 2.86 bits per heavy atom. The molecule has 21 heavy (non-hydrogen) atoms. The average molecular weight is 309 g/mol. The van der Waals surface area contributed by atoms with E-state index in [1.807, 2.05) is 6.92 Å². The SMILES string of the molecule is [C-]#[N+]c1c(Cl)cc(C(C)O)c(OCC)c1C1CNC(=O)C1. The van der Waals surface area contributed by atoms with Gasteiger partial charge in [-0.05, 0) is 19.9 Å². The Labute approximate surface area is 128 Å². The minimum atomic E-state index is -0.771. The van der Waals surface area contributed by atoms with E-state index in [0.29, 0.717) is 42.1 Å². The lowest BCUT2D eigenvalue weighted by molar-refractivity contribution is -0.119. The third kappa shape index (κ3) is 2.97. The van der Waals surface area contributed by atoms with Crippen LogP contribution in [-0.4, -0.2) is 24.2 Å². The highest BCUT2D eigenvalue weighted by Gasteiger charge is 2.31. The minimum Gasteiger partial charge on any atom is -0.495 e. The van der Waals surface area contributed by atoms with Crippen LogP contribution in [0.25, 0.3) is 4.85 Å². The van der Waals surface area contributed by atoms with Gasteiger partial charge in [0.05, 0.1) is 19.3 Å². The fraction of sp³-hybridized carbons (Fsp3) is 0.467. The molecule has 1 aromatic carbocycles. The number of rotatable bonds is 4. The molecule has 5 nitrogen and oxygen atoms in total. The van der Waals surface area contributed by atoms with Gasteiger partial charge in [-0.15, -0.1) is 0 Å². The molecule has 112 valence electrons. The summed E-state index contributed by atoms with van der Waals surface area (Å²) in [6, 6.07) is 1.57. The van der Waals surface area contributed by atoms with Crippen molar-refractivity contribution in [2.45, 2.75) is 32.3 Å². The van der Waals surface area contributed by atoms with Crippen LogP contribution in [0.4, 0.5) is 5.69 Å². The number of carbonyl (C=O) groups excluding carboxylic acids is 1. The maximum absolute atomic E-state index is 11.5. The molecule has 0 saturated carbocycles. The lowest BCUT2D eigenvalue weighted by Crippen LogP contribution is -2.14. The van der Waals surface area contributed by atoms with Crippen LogP contribution in [-0.2, 0) is 4.79 Å². The predicted octanol–water partition coefficient (Wildman–Crippen LogP) is 2.95. The number of benzene rings is 1. The van der Waals surface area contributed by atoms with E-state index in [1.54, 1.807) is 13.0 Å². The molecule has 1 heterocycles. The summed E-state index contributed by atoms with van der Waals surface area (Å²) in [5.41, 5.74) is 1.46. The Kier molecular flexibility index (Phi) is 4.71. The van der Waals surface area contributed by atoms with E-state index in [4.69, 9.17) is 22.9 Å². The van der Waals surface area contributed by atoms with Gasteiger partial charge in [-0.2, -0.15) is 0 Å². The highest BCUT2D eigenvalue weighted by Crippen LogP contribution is 2.46. The van der Waals surface area contributed by atoms with Crippen molar-refractivity contribution in [2.75, 3.05) is 13.2 Å². The molecule has 2 atom stereocenters. The smallest absolute Gasteiger partial charge is 0.220 e. The number of aliphatic hydroxyl groups is 1. The van der Waals surface area contributed by atoms with Crippen molar-refractivity contribution >= 4 is 23.2 Å². The van der Waals surface area contributed by atoms with Gasteiger partial charge >= 0.3 is 0 Å². The van der Waals surface area contributed by atoms with Crippen LogP contribution in [0.5, 0.6) is 5.75 Å². The number of carbonyl (C=O) groups is 1. The zero-order chi connectivity index (χ0) is 15.6. The van der Waals surface area contributed by atoms with Gasteiger partial charge in [0.25, 0.3) is 0 Å². The molecule has 2 unspecified atom stereocenters. The molecule has 1 amide bonds. The topological polar surface area (TPSA) is 62.9 Å². The van der Waals surface area contributed by atoms with Crippen LogP contribution in [0.3, 0.4) is 0 Å². The van der Waals surface area contributed by atoms with Crippen molar-refractivity contribution in [2.24, 2.45) is 0 Å². The summed E-state index contributed by atoms with van der Waals surface area (Å²) in [4.78, 5) is 15.0. The third-order valence-electron chi connectivity index (χ3n) is 3.51. The summed E-state index contributed by atoms with van der Waals surface area (Å²) in [6.45, 7) is 11.7. The van der Waals surface area contributed by atoms with Crippen molar-refractivity contribution in [3.8, 4) is 5.75 Å². The van der Waals surface area contributed by atoms with Gasteiger partial charge in [0.2, 0.25) is 11.6 Å². The monoisotopic (exact) mass is 308 g/mol. The van der Waals surface area contributed by atoms with Gasteiger partial charge in [0.15, 0.2) is 0 Å². The molecular weight excluding hydrogens is 292 g/mol. The number of nitrogens with zero attached hydrogens (tertiary/aromatic N) is 1. The lowest BCUT2D eigenvalue weighted by Gasteiger charge is -2.22. The summed E-state index contributed by atoms with van der Waals surface area (Å²) in [7, 11) is 0. The number of nitrogens with one attached hydrogen (secondary N) is 1. The van der Waals surface area contributed by atoms with E-state index in [-0.39, 0.29) is 16.8 Å². The van der Waals surface area contributed by atoms with E-state index in [2.05, 4.69) is 10.2 Å². The number of hydrogen-bond donors (Lipinski definition) is 2. The maximum atomic E-state index is 11.5. The fourth-order valence-corrected chi connectivity index (χ4v) is 2.84. The van der Waals surface area contributed by atoms with Gasteiger partial charge in [0, 0.05) is 35.0 Å².